The summed E-state index contributed by atoms with van der Waals surface area (Å²) in [5, 5.41) is 5.81. The number of hydrogen-bond acceptors (Lipinski definition) is 12. The van der Waals surface area contributed by atoms with E-state index in [1.54, 1.807) is 0 Å². The lowest BCUT2D eigenvalue weighted by Crippen LogP contribution is -2.69. The molecule has 1 fully saturated rings. The van der Waals surface area contributed by atoms with Gasteiger partial charge in [-0.1, -0.05) is 17.2 Å². The second-order valence-corrected chi connectivity index (χ2v) is 9.31. The number of hydrogen-bond donors (Lipinski definition) is 1. The molecule has 0 aliphatic carbocycles. The smallest absolute Gasteiger partial charge is 0.366 e. The SMILES string of the molecule is COC(=O)[C@]1(OCc2cccc(F)c2F)C[C@H](OC(C)=O)[C@@H](NC(=O)CCl)[C@H]([C@H](OC(C)=O)[C@@H](CN=[N+]=[N-])OC(C)=O)O1. The van der Waals surface area contributed by atoms with Crippen LogP contribution in [0.2, 0.25) is 0 Å². The van der Waals surface area contributed by atoms with Gasteiger partial charge >= 0.3 is 23.9 Å². The van der Waals surface area contributed by atoms with Gasteiger partial charge in [-0.05, 0) is 11.6 Å². The zero-order valence-electron chi connectivity index (χ0n) is 23.4. The maximum absolute atomic E-state index is 14.5. The third-order valence-electron chi connectivity index (χ3n) is 5.94. The van der Waals surface area contributed by atoms with E-state index < -0.39 is 103 Å². The number of nitrogens with one attached hydrogen (secondary N) is 1. The van der Waals surface area contributed by atoms with Crippen molar-refractivity contribution < 1.29 is 61.2 Å². The molecule has 1 heterocycles. The molecule has 0 radical (unpaired) electrons. The number of esters is 4. The van der Waals surface area contributed by atoms with Crippen LogP contribution in [-0.4, -0.2) is 85.6 Å². The molecule has 236 valence electrons. The van der Waals surface area contributed by atoms with Gasteiger partial charge in [-0.25, -0.2) is 13.6 Å². The van der Waals surface area contributed by atoms with E-state index in [0.29, 0.717) is 0 Å². The van der Waals surface area contributed by atoms with E-state index >= 15 is 0 Å². The second-order valence-electron chi connectivity index (χ2n) is 9.04. The Morgan fingerprint density at radius 1 is 1.16 bits per heavy atom. The van der Waals surface area contributed by atoms with Gasteiger partial charge in [0.25, 0.3) is 5.79 Å². The van der Waals surface area contributed by atoms with Crippen LogP contribution in [0.15, 0.2) is 23.3 Å². The van der Waals surface area contributed by atoms with Gasteiger partial charge in [-0.2, -0.15) is 0 Å². The van der Waals surface area contributed by atoms with E-state index in [1.807, 2.05) is 0 Å². The summed E-state index contributed by atoms with van der Waals surface area (Å²) in [6, 6.07) is 1.72. The maximum Gasteiger partial charge on any atom is 0.366 e. The molecule has 1 aliphatic rings. The minimum atomic E-state index is -2.59. The first-order valence-electron chi connectivity index (χ1n) is 12.5. The largest absolute Gasteiger partial charge is 0.465 e. The van der Waals surface area contributed by atoms with Gasteiger partial charge in [0.1, 0.15) is 24.2 Å². The molecule has 43 heavy (non-hydrogen) atoms. The number of benzene rings is 1. The summed E-state index contributed by atoms with van der Waals surface area (Å²) in [6.07, 6.45) is -7.37. The standard InChI is InChI=1S/C25H29ClF2N4O11/c1-12(33)40-17-8-25(24(37)38-4,39-11-15-6-5-7-16(27)20(15)28)43-23(21(17)31-19(36)9-26)22(42-14(3)35)18(10-30-32-29)41-13(2)34/h5-7,17-18,21-23H,8-11H2,1-4H3,(H,31,36)/t17-,18+,21+,22+,23+,25-/m0/s1. The van der Waals surface area contributed by atoms with E-state index in [2.05, 4.69) is 15.3 Å². The van der Waals surface area contributed by atoms with Crippen molar-refractivity contribution in [1.29, 1.82) is 0 Å². The molecule has 1 N–H and O–H groups in total. The quantitative estimate of drug-likeness (QED) is 0.0830. The Balaban J connectivity index is 2.77. The normalized spacial score (nSPS) is 22.6. The molecule has 0 bridgehead atoms. The molecule has 18 heteroatoms. The van der Waals surface area contributed by atoms with Crippen molar-refractivity contribution in [2.24, 2.45) is 5.11 Å². The van der Waals surface area contributed by atoms with E-state index in [4.69, 9.17) is 45.6 Å². The number of halogens is 3. The number of ether oxygens (including phenoxy) is 6. The molecule has 2 rings (SSSR count). The minimum Gasteiger partial charge on any atom is -0.465 e. The van der Waals surface area contributed by atoms with Crippen molar-refractivity contribution in [1.82, 2.24) is 5.32 Å². The third kappa shape index (κ3) is 9.47. The first-order valence-corrected chi connectivity index (χ1v) is 13.0. The molecule has 1 aromatic rings. The van der Waals surface area contributed by atoms with Crippen molar-refractivity contribution in [3.63, 3.8) is 0 Å². The average Bonchev–Trinajstić information content (AvgIpc) is 2.94. The molecule has 1 aliphatic heterocycles. The summed E-state index contributed by atoms with van der Waals surface area (Å²) < 4.78 is 60.9. The van der Waals surface area contributed by atoms with Crippen LogP contribution in [0.4, 0.5) is 8.78 Å². The summed E-state index contributed by atoms with van der Waals surface area (Å²) in [7, 11) is 0.948. The number of alkyl halides is 1. The molecule has 1 saturated heterocycles. The Bertz CT molecular complexity index is 1260. The van der Waals surface area contributed by atoms with Crippen molar-refractivity contribution in [2.75, 3.05) is 19.5 Å². The molecular weight excluding hydrogens is 606 g/mol. The van der Waals surface area contributed by atoms with Crippen LogP contribution in [0.3, 0.4) is 0 Å². The number of carbonyl (C=O) groups is 5. The highest BCUT2D eigenvalue weighted by Gasteiger charge is 2.59. The number of methoxy groups -OCH3 is 1. The molecule has 1 amide bonds. The highest BCUT2D eigenvalue weighted by atomic mass is 35.5. The summed E-state index contributed by atoms with van der Waals surface area (Å²) in [5.41, 5.74) is 8.54. The van der Waals surface area contributed by atoms with Gasteiger partial charge in [-0.3, -0.25) is 19.2 Å². The average molecular weight is 635 g/mol. The van der Waals surface area contributed by atoms with Crippen molar-refractivity contribution in [3.05, 3.63) is 45.8 Å². The van der Waals surface area contributed by atoms with Crippen LogP contribution >= 0.6 is 11.6 Å². The van der Waals surface area contributed by atoms with Gasteiger partial charge in [0.05, 0.1) is 32.7 Å². The van der Waals surface area contributed by atoms with E-state index in [1.165, 1.54) is 6.07 Å². The third-order valence-corrected chi connectivity index (χ3v) is 6.18. The zero-order valence-corrected chi connectivity index (χ0v) is 24.2. The monoisotopic (exact) mass is 634 g/mol. The van der Waals surface area contributed by atoms with Crippen molar-refractivity contribution in [3.8, 4) is 0 Å². The number of carbonyl (C=O) groups excluding carboxylic acids is 5. The lowest BCUT2D eigenvalue weighted by molar-refractivity contribution is -0.317. The molecule has 15 nitrogen and oxygen atoms in total. The van der Waals surface area contributed by atoms with E-state index in [9.17, 15) is 32.8 Å². The number of rotatable bonds is 13. The van der Waals surface area contributed by atoms with Gasteiger partial charge < -0.3 is 33.7 Å². The van der Waals surface area contributed by atoms with Crippen molar-refractivity contribution in [2.45, 2.75) is 70.0 Å². The number of nitrogens with zero attached hydrogens (tertiary/aromatic N) is 3. The van der Waals surface area contributed by atoms with Gasteiger partial charge in [0, 0.05) is 31.2 Å². The minimum absolute atomic E-state index is 0.345. The highest BCUT2D eigenvalue weighted by Crippen LogP contribution is 2.38. The van der Waals surface area contributed by atoms with Crippen LogP contribution in [0.5, 0.6) is 0 Å². The van der Waals surface area contributed by atoms with Crippen LogP contribution in [0.1, 0.15) is 32.8 Å². The number of amides is 1. The summed E-state index contributed by atoms with van der Waals surface area (Å²) in [5.74, 6) is -10.6. The summed E-state index contributed by atoms with van der Waals surface area (Å²) in [6.45, 7) is 1.56. The van der Waals surface area contributed by atoms with Gasteiger partial charge in [-0.15, -0.1) is 11.6 Å². The second kappa shape index (κ2) is 16.0. The van der Waals surface area contributed by atoms with Crippen LogP contribution in [0.25, 0.3) is 10.4 Å². The number of azide groups is 1. The zero-order chi connectivity index (χ0) is 32.3. The Morgan fingerprint density at radius 3 is 2.40 bits per heavy atom. The van der Waals surface area contributed by atoms with Crippen LogP contribution in [0, 0.1) is 11.6 Å². The first-order chi connectivity index (χ1) is 20.3. The predicted octanol–water partition coefficient (Wildman–Crippen LogP) is 1.97. The van der Waals surface area contributed by atoms with Crippen molar-refractivity contribution >= 4 is 41.4 Å². The lowest BCUT2D eigenvalue weighted by Gasteiger charge is -2.48. The Labute approximate surface area is 248 Å². The maximum atomic E-state index is 14.5. The predicted molar refractivity (Wildman–Crippen MR) is 139 cm³/mol. The summed E-state index contributed by atoms with van der Waals surface area (Å²) >= 11 is 5.67. The molecule has 0 unspecified atom stereocenters. The van der Waals surface area contributed by atoms with Gasteiger partial charge in [0.2, 0.25) is 5.91 Å². The van der Waals surface area contributed by atoms with Crippen LogP contribution in [-0.2, 0) is 59.0 Å². The van der Waals surface area contributed by atoms with E-state index in [0.717, 1.165) is 40.0 Å². The molecule has 0 spiro atoms. The molecule has 1 aromatic carbocycles. The Kier molecular flexibility index (Phi) is 13.1. The van der Waals surface area contributed by atoms with E-state index in [-0.39, 0.29) is 5.56 Å². The fourth-order valence-electron chi connectivity index (χ4n) is 4.32. The fourth-order valence-corrected chi connectivity index (χ4v) is 4.40. The fraction of sp³-hybridized carbons (Fsp3) is 0.560. The first kappa shape index (κ1) is 35.1. The highest BCUT2D eigenvalue weighted by molar-refractivity contribution is 6.27. The molecule has 0 saturated carbocycles. The van der Waals surface area contributed by atoms with Gasteiger partial charge in [0.15, 0.2) is 17.7 Å². The topological polar surface area (TPSA) is 202 Å². The van der Waals surface area contributed by atoms with Crippen LogP contribution < -0.4 is 5.32 Å². The Hall–Kier alpha value is -4.05. The molecule has 0 aromatic heterocycles. The summed E-state index contributed by atoms with van der Waals surface area (Å²) in [4.78, 5) is 64.6. The Morgan fingerprint density at radius 2 is 1.84 bits per heavy atom. The molecule has 6 atom stereocenters. The lowest BCUT2D eigenvalue weighted by atomic mass is 9.87. The molecular formula is C25H29ClF2N4O11.